The fourth-order valence-electron chi connectivity index (χ4n) is 3.72. The van der Waals surface area contributed by atoms with E-state index in [-0.39, 0.29) is 6.04 Å². The summed E-state index contributed by atoms with van der Waals surface area (Å²) in [4.78, 5) is 21.4. The smallest absolute Gasteiger partial charge is 0.326 e. The molecule has 1 aliphatic heterocycles. The Morgan fingerprint density at radius 2 is 2.14 bits per heavy atom. The van der Waals surface area contributed by atoms with E-state index in [4.69, 9.17) is 0 Å². The summed E-state index contributed by atoms with van der Waals surface area (Å²) in [6.07, 6.45) is 2.53. The molecule has 1 atom stereocenters. The molecule has 0 spiro atoms. The maximum absolute atomic E-state index is 15.2. The number of hydrogen-bond donors (Lipinski definition) is 4. The summed E-state index contributed by atoms with van der Waals surface area (Å²) in [6, 6.07) is 2.20. The van der Waals surface area contributed by atoms with Crippen LogP contribution in [0.3, 0.4) is 0 Å². The van der Waals surface area contributed by atoms with E-state index in [2.05, 4.69) is 5.32 Å². The van der Waals surface area contributed by atoms with Gasteiger partial charge in [-0.1, -0.05) is 0 Å². The minimum absolute atomic E-state index is 0.0257. The normalized spacial score (nSPS) is 21.5. The van der Waals surface area contributed by atoms with E-state index in [1.807, 2.05) is 13.1 Å². The van der Waals surface area contributed by atoms with E-state index in [0.717, 1.165) is 18.9 Å². The molecule has 0 bridgehead atoms. The van der Waals surface area contributed by atoms with Gasteiger partial charge in [-0.2, -0.15) is 8.42 Å². The SMILES string of the molecule is C[Si](C)(O)CCCNC1CCc2cc(O)c(N3CC(=O)NS3(=O)=O)c(F)c2C1. The van der Waals surface area contributed by atoms with Gasteiger partial charge in [0.25, 0.3) is 5.91 Å². The van der Waals surface area contributed by atoms with E-state index in [9.17, 15) is 23.1 Å². The van der Waals surface area contributed by atoms with Gasteiger partial charge in [0.2, 0.25) is 0 Å². The van der Waals surface area contributed by atoms with Gasteiger partial charge in [-0.15, -0.1) is 0 Å². The number of nitrogens with one attached hydrogen (secondary N) is 2. The molecule has 4 N–H and O–H groups in total. The molecule has 0 radical (unpaired) electrons. The topological polar surface area (TPSA) is 119 Å². The third-order valence-electron chi connectivity index (χ3n) is 5.09. The zero-order valence-corrected chi connectivity index (χ0v) is 17.8. The number of phenolic OH excluding ortho intramolecular Hbond substituents is 1. The number of aryl methyl sites for hydroxylation is 1. The van der Waals surface area contributed by atoms with Crippen molar-refractivity contribution < 1.29 is 27.5 Å². The highest BCUT2D eigenvalue weighted by Gasteiger charge is 2.39. The number of benzene rings is 1. The Bertz CT molecular complexity index is 888. The molecule has 1 unspecified atom stereocenters. The van der Waals surface area contributed by atoms with Crippen LogP contribution in [0.25, 0.3) is 0 Å². The molecule has 11 heteroatoms. The highest BCUT2D eigenvalue weighted by Crippen LogP contribution is 2.39. The second-order valence-electron chi connectivity index (χ2n) is 8.04. The van der Waals surface area contributed by atoms with Crippen LogP contribution < -0.4 is 14.3 Å². The summed E-state index contributed by atoms with van der Waals surface area (Å²) in [6.45, 7) is 3.93. The van der Waals surface area contributed by atoms with Crippen LogP contribution >= 0.6 is 0 Å². The first-order valence-electron chi connectivity index (χ1n) is 9.30. The van der Waals surface area contributed by atoms with Crippen molar-refractivity contribution in [1.29, 1.82) is 0 Å². The summed E-state index contributed by atoms with van der Waals surface area (Å²) >= 11 is 0. The lowest BCUT2D eigenvalue weighted by atomic mass is 9.87. The molecule has 0 aromatic heterocycles. The third kappa shape index (κ3) is 4.48. The Balaban J connectivity index is 1.78. The summed E-state index contributed by atoms with van der Waals surface area (Å²) < 4.78 is 41.7. The summed E-state index contributed by atoms with van der Waals surface area (Å²) in [5.74, 6) is -2.06. The Labute approximate surface area is 165 Å². The Morgan fingerprint density at radius 3 is 2.75 bits per heavy atom. The predicted molar refractivity (Wildman–Crippen MR) is 105 cm³/mol. The van der Waals surface area contributed by atoms with E-state index in [1.165, 1.54) is 6.07 Å². The van der Waals surface area contributed by atoms with Gasteiger partial charge in [-0.3, -0.25) is 4.79 Å². The lowest BCUT2D eigenvalue weighted by molar-refractivity contribution is -0.117. The number of rotatable bonds is 6. The molecule has 1 aliphatic carbocycles. The molecule has 3 rings (SSSR count). The fraction of sp³-hybridized carbons (Fsp3) is 0.588. The van der Waals surface area contributed by atoms with Crippen molar-refractivity contribution in [3.05, 3.63) is 23.0 Å². The van der Waals surface area contributed by atoms with Crippen LogP contribution in [-0.2, 0) is 27.8 Å². The number of aromatic hydroxyl groups is 1. The molecular weight excluding hydrogens is 405 g/mol. The summed E-state index contributed by atoms with van der Waals surface area (Å²) in [5, 5.41) is 13.6. The molecule has 1 heterocycles. The standard InChI is InChI=1S/C17H26FN3O5SSi/c1-28(2,26)7-3-6-19-12-5-4-11-8-14(22)17(16(18)13(11)9-12)21-10-15(23)20-27(21,24)25/h8,12,19,22,26H,3-7,9-10H2,1-2H3,(H,20,23). The van der Waals surface area contributed by atoms with Crippen LogP contribution in [0.2, 0.25) is 19.1 Å². The van der Waals surface area contributed by atoms with E-state index in [0.29, 0.717) is 34.8 Å². The minimum atomic E-state index is -4.21. The van der Waals surface area contributed by atoms with Crippen molar-refractivity contribution in [3.8, 4) is 5.75 Å². The maximum Gasteiger partial charge on any atom is 0.326 e. The largest absolute Gasteiger partial charge is 0.506 e. The Kier molecular flexibility index (Phi) is 5.72. The van der Waals surface area contributed by atoms with Gasteiger partial charge < -0.3 is 15.2 Å². The van der Waals surface area contributed by atoms with Gasteiger partial charge >= 0.3 is 10.2 Å². The zero-order chi connectivity index (χ0) is 20.7. The number of hydrogen-bond acceptors (Lipinski definition) is 6. The van der Waals surface area contributed by atoms with Crippen molar-refractivity contribution in [2.75, 3.05) is 17.4 Å². The van der Waals surface area contributed by atoms with Crippen LogP contribution in [0.1, 0.15) is 24.0 Å². The number of halogens is 1. The van der Waals surface area contributed by atoms with Gasteiger partial charge in [0.05, 0.1) is 0 Å². The van der Waals surface area contributed by atoms with Gasteiger partial charge in [-0.05, 0) is 68.6 Å². The lowest BCUT2D eigenvalue weighted by Crippen LogP contribution is -2.37. The molecule has 1 saturated heterocycles. The van der Waals surface area contributed by atoms with Gasteiger partial charge in [0.15, 0.2) is 14.1 Å². The number of nitrogens with zero attached hydrogens (tertiary/aromatic N) is 1. The van der Waals surface area contributed by atoms with E-state index < -0.39 is 48.2 Å². The summed E-state index contributed by atoms with van der Waals surface area (Å²) in [7, 11) is -6.29. The monoisotopic (exact) mass is 431 g/mol. The van der Waals surface area contributed by atoms with Crippen molar-refractivity contribution in [3.63, 3.8) is 0 Å². The average Bonchev–Trinajstić information content (AvgIpc) is 2.83. The van der Waals surface area contributed by atoms with Gasteiger partial charge in [0, 0.05) is 6.04 Å². The van der Waals surface area contributed by atoms with Crippen LogP contribution in [0.5, 0.6) is 5.75 Å². The number of phenols is 1. The predicted octanol–water partition coefficient (Wildman–Crippen LogP) is 0.747. The molecule has 2 aliphatic rings. The first kappa shape index (κ1) is 21.0. The Morgan fingerprint density at radius 1 is 1.43 bits per heavy atom. The second-order valence-corrected chi connectivity index (χ2v) is 13.8. The fourth-order valence-corrected chi connectivity index (χ4v) is 5.93. The molecule has 1 aromatic rings. The van der Waals surface area contributed by atoms with E-state index in [1.54, 1.807) is 4.72 Å². The molecule has 156 valence electrons. The van der Waals surface area contributed by atoms with Crippen molar-refractivity contribution in [2.24, 2.45) is 0 Å². The molecular formula is C17H26FN3O5SSi. The lowest BCUT2D eigenvalue weighted by Gasteiger charge is -2.28. The molecule has 1 amide bonds. The Hall–Kier alpha value is -1.69. The third-order valence-corrected chi connectivity index (χ3v) is 8.05. The van der Waals surface area contributed by atoms with Gasteiger partial charge in [-0.25, -0.2) is 13.4 Å². The highest BCUT2D eigenvalue weighted by atomic mass is 32.2. The summed E-state index contributed by atoms with van der Waals surface area (Å²) in [5.41, 5.74) is 0.533. The number of carbonyl (C=O) groups is 1. The van der Waals surface area contributed by atoms with Crippen LogP contribution in [0.15, 0.2) is 6.07 Å². The number of fused-ring (bicyclic) bond motifs is 1. The van der Waals surface area contributed by atoms with E-state index >= 15 is 4.39 Å². The average molecular weight is 432 g/mol. The number of carbonyl (C=O) groups excluding carboxylic acids is 1. The molecule has 1 aromatic carbocycles. The first-order valence-corrected chi connectivity index (χ1v) is 13.9. The van der Waals surface area contributed by atoms with Crippen molar-refractivity contribution in [1.82, 2.24) is 10.0 Å². The van der Waals surface area contributed by atoms with Crippen molar-refractivity contribution in [2.45, 2.75) is 50.9 Å². The molecule has 8 nitrogen and oxygen atoms in total. The van der Waals surface area contributed by atoms with Crippen LogP contribution in [0, 0.1) is 5.82 Å². The number of amides is 1. The van der Waals surface area contributed by atoms with Crippen LogP contribution in [0.4, 0.5) is 10.1 Å². The second kappa shape index (κ2) is 7.62. The maximum atomic E-state index is 15.2. The molecule has 1 fully saturated rings. The number of anilines is 1. The van der Waals surface area contributed by atoms with Crippen molar-refractivity contribution >= 4 is 30.1 Å². The molecule has 0 saturated carbocycles. The quantitative estimate of drug-likeness (QED) is 0.390. The van der Waals surface area contributed by atoms with Crippen LogP contribution in [-0.4, -0.2) is 51.7 Å². The molecule has 28 heavy (non-hydrogen) atoms. The highest BCUT2D eigenvalue weighted by molar-refractivity contribution is 7.92. The zero-order valence-electron chi connectivity index (χ0n) is 16.0. The van der Waals surface area contributed by atoms with Gasteiger partial charge in [0.1, 0.15) is 18.0 Å². The minimum Gasteiger partial charge on any atom is -0.506 e. The first-order chi connectivity index (χ1) is 13.0.